The average Bonchev–Trinajstić information content (AvgIpc) is 3.26. The summed E-state index contributed by atoms with van der Waals surface area (Å²) in [5.74, 6) is -0.650. The minimum absolute atomic E-state index is 0.0660. The van der Waals surface area contributed by atoms with Gasteiger partial charge in [0.2, 0.25) is 5.91 Å². The Balaban J connectivity index is 1.33. The van der Waals surface area contributed by atoms with Crippen LogP contribution in [0.4, 0.5) is 0 Å². The van der Waals surface area contributed by atoms with Gasteiger partial charge in [0.1, 0.15) is 4.83 Å². The van der Waals surface area contributed by atoms with Crippen LogP contribution in [0.15, 0.2) is 17.2 Å². The second-order valence-corrected chi connectivity index (χ2v) is 10.3. The highest BCUT2D eigenvalue weighted by molar-refractivity contribution is 7.18. The molecule has 0 bridgehead atoms. The van der Waals surface area contributed by atoms with Crippen LogP contribution in [0.3, 0.4) is 0 Å². The van der Waals surface area contributed by atoms with Crippen molar-refractivity contribution >= 4 is 44.7 Å². The zero-order valence-corrected chi connectivity index (χ0v) is 19.4. The van der Waals surface area contributed by atoms with E-state index in [0.717, 1.165) is 41.0 Å². The second kappa shape index (κ2) is 9.32. The lowest BCUT2D eigenvalue weighted by atomic mass is 10.00. The number of aryl methyl sites for hydroxylation is 5. The number of fused-ring (bicyclic) bond motifs is 2. The van der Waals surface area contributed by atoms with E-state index in [1.54, 1.807) is 0 Å². The lowest BCUT2D eigenvalue weighted by Gasteiger charge is -2.08. The van der Waals surface area contributed by atoms with Crippen molar-refractivity contribution in [2.24, 2.45) is 0 Å². The minimum atomic E-state index is -0.353. The Morgan fingerprint density at radius 1 is 1.10 bits per heavy atom. The van der Waals surface area contributed by atoms with E-state index in [4.69, 9.17) is 0 Å². The summed E-state index contributed by atoms with van der Waals surface area (Å²) in [6.45, 7) is 4.08. The molecule has 0 saturated carbocycles. The van der Waals surface area contributed by atoms with Gasteiger partial charge in [-0.2, -0.15) is 0 Å². The fraction of sp³-hybridized carbons (Fsp3) is 0.455. The fourth-order valence-corrected chi connectivity index (χ4v) is 5.99. The van der Waals surface area contributed by atoms with Gasteiger partial charge in [0.25, 0.3) is 11.5 Å². The minimum Gasteiger partial charge on any atom is -0.298 e. The molecule has 0 aromatic carbocycles. The van der Waals surface area contributed by atoms with Crippen molar-refractivity contribution in [3.63, 3.8) is 0 Å². The summed E-state index contributed by atoms with van der Waals surface area (Å²) < 4.78 is 1.45. The van der Waals surface area contributed by atoms with Gasteiger partial charge in [0.15, 0.2) is 0 Å². The van der Waals surface area contributed by atoms with E-state index in [-0.39, 0.29) is 30.3 Å². The predicted octanol–water partition coefficient (Wildman–Crippen LogP) is 3.65. The van der Waals surface area contributed by atoms with E-state index in [1.165, 1.54) is 56.9 Å². The van der Waals surface area contributed by atoms with E-state index < -0.39 is 0 Å². The van der Waals surface area contributed by atoms with E-state index >= 15 is 0 Å². The van der Waals surface area contributed by atoms with Gasteiger partial charge in [-0.3, -0.25) is 29.8 Å². The fourth-order valence-electron chi connectivity index (χ4n) is 3.86. The van der Waals surface area contributed by atoms with Crippen molar-refractivity contribution in [2.75, 3.05) is 0 Å². The van der Waals surface area contributed by atoms with Crippen molar-refractivity contribution < 1.29 is 9.59 Å². The quantitative estimate of drug-likeness (QED) is 0.584. The number of nitrogens with one attached hydrogen (secondary N) is 2. The highest BCUT2D eigenvalue weighted by Gasteiger charge is 2.17. The molecule has 1 aliphatic rings. The van der Waals surface area contributed by atoms with Crippen molar-refractivity contribution in [3.8, 4) is 0 Å². The molecule has 1 aliphatic carbocycles. The molecule has 164 valence electrons. The summed E-state index contributed by atoms with van der Waals surface area (Å²) in [5.41, 5.74) is 7.03. The summed E-state index contributed by atoms with van der Waals surface area (Å²) in [5, 5.41) is 0.618. The Hall–Kier alpha value is -2.52. The molecule has 7 nitrogen and oxygen atoms in total. The predicted molar refractivity (Wildman–Crippen MR) is 124 cm³/mol. The molecule has 0 fully saturated rings. The number of thiophene rings is 2. The number of carbonyl (C=O) groups is 2. The molecule has 0 radical (unpaired) electrons. The number of hydrogen-bond acceptors (Lipinski definition) is 6. The third kappa shape index (κ3) is 4.72. The summed E-state index contributed by atoms with van der Waals surface area (Å²) >= 11 is 3.02. The number of hydrazine groups is 1. The Morgan fingerprint density at radius 2 is 1.87 bits per heavy atom. The van der Waals surface area contributed by atoms with E-state index in [1.807, 2.05) is 19.9 Å². The number of hydrogen-bond donors (Lipinski definition) is 2. The van der Waals surface area contributed by atoms with Gasteiger partial charge in [-0.1, -0.05) is 12.8 Å². The third-order valence-corrected chi connectivity index (χ3v) is 8.12. The molecule has 0 aliphatic heterocycles. The van der Waals surface area contributed by atoms with Gasteiger partial charge in [0.05, 0.1) is 16.6 Å². The van der Waals surface area contributed by atoms with Crippen LogP contribution in [0.1, 0.15) is 62.7 Å². The van der Waals surface area contributed by atoms with Crippen LogP contribution in [0.5, 0.6) is 0 Å². The first-order valence-electron chi connectivity index (χ1n) is 10.6. The molecular weight excluding hydrogens is 432 g/mol. The van der Waals surface area contributed by atoms with Crippen LogP contribution in [-0.2, 0) is 24.2 Å². The maximum Gasteiger partial charge on any atom is 0.279 e. The maximum atomic E-state index is 12.7. The van der Waals surface area contributed by atoms with E-state index in [9.17, 15) is 14.4 Å². The van der Waals surface area contributed by atoms with Crippen LogP contribution in [-0.4, -0.2) is 21.4 Å². The van der Waals surface area contributed by atoms with Crippen molar-refractivity contribution in [1.82, 2.24) is 20.4 Å². The Kier molecular flexibility index (Phi) is 6.52. The Morgan fingerprint density at radius 3 is 2.68 bits per heavy atom. The van der Waals surface area contributed by atoms with Gasteiger partial charge in [0, 0.05) is 22.7 Å². The molecule has 0 atom stereocenters. The SMILES string of the molecule is Cc1sc2ncn(CCC(=O)NNC(=O)c3cc4c(s3)CCCCCC4)c(=O)c2c1C. The largest absolute Gasteiger partial charge is 0.298 e. The van der Waals surface area contributed by atoms with Crippen molar-refractivity contribution in [2.45, 2.75) is 65.3 Å². The highest BCUT2D eigenvalue weighted by Crippen LogP contribution is 2.28. The standard InChI is InChI=1S/C22H26N4O3S2/c1-13-14(2)30-21-19(13)22(29)26(12-23-21)10-9-18(27)24-25-20(28)17-11-15-7-5-3-4-6-8-16(15)31-17/h11-12H,3-10H2,1-2H3,(H,24,27)(H,25,28). The Labute approximate surface area is 188 Å². The molecular formula is C22H26N4O3S2. The van der Waals surface area contributed by atoms with Gasteiger partial charge in [-0.25, -0.2) is 4.98 Å². The smallest absolute Gasteiger partial charge is 0.279 e. The van der Waals surface area contributed by atoms with Crippen LogP contribution >= 0.6 is 22.7 Å². The van der Waals surface area contributed by atoms with Crippen LogP contribution in [0, 0.1) is 13.8 Å². The summed E-state index contributed by atoms with van der Waals surface area (Å²) in [6.07, 6.45) is 8.39. The van der Waals surface area contributed by atoms with E-state index in [0.29, 0.717) is 10.3 Å². The third-order valence-electron chi connectivity index (χ3n) is 5.77. The lowest BCUT2D eigenvalue weighted by Crippen LogP contribution is -2.41. The number of amides is 2. The first-order chi connectivity index (χ1) is 14.9. The lowest BCUT2D eigenvalue weighted by molar-refractivity contribution is -0.122. The highest BCUT2D eigenvalue weighted by atomic mass is 32.1. The molecule has 3 aromatic heterocycles. The summed E-state index contributed by atoms with van der Waals surface area (Å²) in [4.78, 5) is 45.4. The first kappa shape index (κ1) is 21.7. The van der Waals surface area contributed by atoms with Crippen LogP contribution in [0.25, 0.3) is 10.2 Å². The molecule has 0 spiro atoms. The number of nitrogens with zero attached hydrogens (tertiary/aromatic N) is 2. The second-order valence-electron chi connectivity index (χ2n) is 7.93. The monoisotopic (exact) mass is 458 g/mol. The van der Waals surface area contributed by atoms with E-state index in [2.05, 4.69) is 15.8 Å². The normalized spacial score (nSPS) is 14.0. The zero-order chi connectivity index (χ0) is 22.0. The molecule has 9 heteroatoms. The molecule has 0 unspecified atom stereocenters. The topological polar surface area (TPSA) is 93.1 Å². The maximum absolute atomic E-state index is 12.7. The average molecular weight is 459 g/mol. The molecule has 3 aromatic rings. The first-order valence-corrected chi connectivity index (χ1v) is 12.2. The van der Waals surface area contributed by atoms with Gasteiger partial charge < -0.3 is 0 Å². The molecule has 0 saturated heterocycles. The van der Waals surface area contributed by atoms with Gasteiger partial charge >= 0.3 is 0 Å². The molecule has 2 amide bonds. The molecule has 3 heterocycles. The summed E-state index contributed by atoms with van der Waals surface area (Å²) in [6, 6.07) is 1.96. The van der Waals surface area contributed by atoms with Gasteiger partial charge in [-0.05, 0) is 56.7 Å². The number of carbonyl (C=O) groups excluding carboxylic acids is 2. The van der Waals surface area contributed by atoms with Crippen LogP contribution < -0.4 is 16.4 Å². The number of rotatable bonds is 4. The summed E-state index contributed by atoms with van der Waals surface area (Å²) in [7, 11) is 0. The number of aromatic nitrogens is 2. The molecule has 2 N–H and O–H groups in total. The van der Waals surface area contributed by atoms with Crippen LogP contribution in [0.2, 0.25) is 0 Å². The van der Waals surface area contributed by atoms with Gasteiger partial charge in [-0.15, -0.1) is 22.7 Å². The van der Waals surface area contributed by atoms with Crippen molar-refractivity contribution in [3.05, 3.63) is 48.5 Å². The Bertz CT molecular complexity index is 1170. The molecule has 4 rings (SSSR count). The zero-order valence-electron chi connectivity index (χ0n) is 17.7. The molecule has 31 heavy (non-hydrogen) atoms. The van der Waals surface area contributed by atoms with Crippen molar-refractivity contribution in [1.29, 1.82) is 0 Å².